The lowest BCUT2D eigenvalue weighted by molar-refractivity contribution is 0.0735. The van der Waals surface area contributed by atoms with Crippen LogP contribution in [0.1, 0.15) is 35.7 Å². The van der Waals surface area contributed by atoms with E-state index in [1.165, 1.54) is 5.56 Å². The maximum atomic E-state index is 12.0. The van der Waals surface area contributed by atoms with E-state index in [9.17, 15) is 4.79 Å². The van der Waals surface area contributed by atoms with Crippen molar-refractivity contribution in [3.05, 3.63) is 64.7 Å². The summed E-state index contributed by atoms with van der Waals surface area (Å²) in [7, 11) is 0. The van der Waals surface area contributed by atoms with Crippen LogP contribution in [0.4, 0.5) is 0 Å². The van der Waals surface area contributed by atoms with Crippen LogP contribution >= 0.6 is 11.6 Å². The molecule has 0 spiro atoms. The molecule has 3 heteroatoms. The topological polar surface area (TPSA) is 26.3 Å². The number of hydrogen-bond acceptors (Lipinski definition) is 2. The molecule has 0 aromatic heterocycles. The molecule has 0 aliphatic heterocycles. The zero-order valence-corrected chi connectivity index (χ0v) is 11.6. The molecular weight excluding hydrogens is 260 g/mol. The van der Waals surface area contributed by atoms with Crippen LogP contribution < -0.4 is 4.74 Å². The van der Waals surface area contributed by atoms with E-state index in [-0.39, 0.29) is 0 Å². The van der Waals surface area contributed by atoms with E-state index in [4.69, 9.17) is 16.3 Å². The van der Waals surface area contributed by atoms with Crippen LogP contribution in [-0.2, 0) is 0 Å². The van der Waals surface area contributed by atoms with Crippen LogP contribution in [0.3, 0.4) is 0 Å². The molecular formula is C16H15ClO2. The molecule has 0 saturated heterocycles. The highest BCUT2D eigenvalue weighted by atomic mass is 35.5. The minimum atomic E-state index is -0.400. The Morgan fingerprint density at radius 2 is 1.68 bits per heavy atom. The molecule has 0 fully saturated rings. The molecule has 2 aromatic carbocycles. The Bertz CT molecular complexity index is 574. The van der Waals surface area contributed by atoms with Crippen molar-refractivity contribution in [2.24, 2.45) is 0 Å². The standard InChI is InChI=1S/C16H15ClO2/c1-11(2)12-7-9-13(10-8-12)16(18)19-15-6-4-3-5-14(15)17/h3-11H,1-2H3. The van der Waals surface area contributed by atoms with E-state index in [1.807, 2.05) is 12.1 Å². The zero-order valence-electron chi connectivity index (χ0n) is 10.9. The lowest BCUT2D eigenvalue weighted by Gasteiger charge is -2.08. The molecule has 19 heavy (non-hydrogen) atoms. The van der Waals surface area contributed by atoms with Crippen LogP contribution in [0.5, 0.6) is 5.75 Å². The average Bonchev–Trinajstić information content (AvgIpc) is 2.41. The van der Waals surface area contributed by atoms with E-state index in [1.54, 1.807) is 36.4 Å². The van der Waals surface area contributed by atoms with Gasteiger partial charge in [-0.3, -0.25) is 0 Å². The van der Waals surface area contributed by atoms with Crippen molar-refractivity contribution in [1.82, 2.24) is 0 Å². The van der Waals surface area contributed by atoms with Crippen LogP contribution in [0.2, 0.25) is 5.02 Å². The van der Waals surface area contributed by atoms with Gasteiger partial charge < -0.3 is 4.74 Å². The lowest BCUT2D eigenvalue weighted by Crippen LogP contribution is -2.08. The molecule has 0 bridgehead atoms. The molecule has 0 N–H and O–H groups in total. The SMILES string of the molecule is CC(C)c1ccc(C(=O)Oc2ccccc2Cl)cc1. The Hall–Kier alpha value is -1.80. The predicted molar refractivity (Wildman–Crippen MR) is 76.9 cm³/mol. The van der Waals surface area contributed by atoms with Gasteiger partial charge in [0.2, 0.25) is 0 Å². The Morgan fingerprint density at radius 3 is 2.26 bits per heavy atom. The fourth-order valence-corrected chi connectivity index (χ4v) is 1.86. The summed E-state index contributed by atoms with van der Waals surface area (Å²) in [6, 6.07) is 14.3. The van der Waals surface area contributed by atoms with Gasteiger partial charge in [-0.2, -0.15) is 0 Å². The molecule has 0 unspecified atom stereocenters. The summed E-state index contributed by atoms with van der Waals surface area (Å²) < 4.78 is 5.26. The van der Waals surface area contributed by atoms with Gasteiger partial charge in [0.1, 0.15) is 5.75 Å². The first kappa shape index (κ1) is 13.6. The molecule has 2 rings (SSSR count). The van der Waals surface area contributed by atoms with E-state index >= 15 is 0 Å². The number of para-hydroxylation sites is 1. The second kappa shape index (κ2) is 5.89. The van der Waals surface area contributed by atoms with Crippen molar-refractivity contribution in [3.63, 3.8) is 0 Å². The summed E-state index contributed by atoms with van der Waals surface area (Å²) in [4.78, 5) is 12.0. The fourth-order valence-electron chi connectivity index (χ4n) is 1.69. The minimum Gasteiger partial charge on any atom is -0.421 e. The van der Waals surface area contributed by atoms with E-state index in [0.29, 0.717) is 22.3 Å². The molecule has 0 amide bonds. The van der Waals surface area contributed by atoms with Crippen molar-refractivity contribution in [2.45, 2.75) is 19.8 Å². The number of benzene rings is 2. The Balaban J connectivity index is 2.14. The molecule has 0 aliphatic rings. The van der Waals surface area contributed by atoms with Crippen molar-refractivity contribution in [2.75, 3.05) is 0 Å². The zero-order chi connectivity index (χ0) is 13.8. The highest BCUT2D eigenvalue weighted by molar-refractivity contribution is 6.32. The van der Waals surface area contributed by atoms with Crippen LogP contribution in [0, 0.1) is 0 Å². The quantitative estimate of drug-likeness (QED) is 0.600. The minimum absolute atomic E-state index is 0.377. The average molecular weight is 275 g/mol. The van der Waals surface area contributed by atoms with Crippen LogP contribution in [0.25, 0.3) is 0 Å². The van der Waals surface area contributed by atoms with Gasteiger partial charge >= 0.3 is 5.97 Å². The lowest BCUT2D eigenvalue weighted by atomic mass is 10.0. The monoisotopic (exact) mass is 274 g/mol. The molecule has 0 aliphatic carbocycles. The Labute approximate surface area is 118 Å². The van der Waals surface area contributed by atoms with Gasteiger partial charge in [-0.25, -0.2) is 4.79 Å². The van der Waals surface area contributed by atoms with Crippen molar-refractivity contribution in [1.29, 1.82) is 0 Å². The number of hydrogen-bond donors (Lipinski definition) is 0. The van der Waals surface area contributed by atoms with Crippen molar-refractivity contribution < 1.29 is 9.53 Å². The first-order valence-corrected chi connectivity index (χ1v) is 6.52. The second-order valence-electron chi connectivity index (χ2n) is 4.60. The highest BCUT2D eigenvalue weighted by Gasteiger charge is 2.11. The van der Waals surface area contributed by atoms with Gasteiger partial charge in [0.25, 0.3) is 0 Å². The van der Waals surface area contributed by atoms with Crippen molar-refractivity contribution in [3.8, 4) is 5.75 Å². The predicted octanol–water partition coefficient (Wildman–Crippen LogP) is 4.68. The summed E-state index contributed by atoms with van der Waals surface area (Å²) >= 11 is 5.95. The van der Waals surface area contributed by atoms with Gasteiger partial charge in [-0.15, -0.1) is 0 Å². The molecule has 0 radical (unpaired) electrons. The normalized spacial score (nSPS) is 10.5. The number of carbonyl (C=O) groups excluding carboxylic acids is 1. The van der Waals surface area contributed by atoms with Crippen molar-refractivity contribution >= 4 is 17.6 Å². The number of esters is 1. The first-order chi connectivity index (χ1) is 9.08. The number of rotatable bonds is 3. The molecule has 98 valence electrons. The van der Waals surface area contributed by atoms with Gasteiger partial charge in [-0.1, -0.05) is 49.7 Å². The molecule has 2 aromatic rings. The number of ether oxygens (including phenoxy) is 1. The molecule has 0 heterocycles. The summed E-state index contributed by atoms with van der Waals surface area (Å²) in [6.07, 6.45) is 0. The first-order valence-electron chi connectivity index (χ1n) is 6.14. The largest absolute Gasteiger partial charge is 0.421 e. The smallest absolute Gasteiger partial charge is 0.343 e. The number of halogens is 1. The Morgan fingerprint density at radius 1 is 1.05 bits per heavy atom. The fraction of sp³-hybridized carbons (Fsp3) is 0.188. The summed E-state index contributed by atoms with van der Waals surface area (Å²) in [5.74, 6) is 0.416. The maximum Gasteiger partial charge on any atom is 0.343 e. The Kier molecular flexibility index (Phi) is 4.23. The molecule has 0 atom stereocenters. The summed E-state index contributed by atoms with van der Waals surface area (Å²) in [5.41, 5.74) is 1.71. The number of carbonyl (C=O) groups is 1. The van der Waals surface area contributed by atoms with E-state index in [0.717, 1.165) is 0 Å². The highest BCUT2D eigenvalue weighted by Crippen LogP contribution is 2.24. The van der Waals surface area contributed by atoms with Crippen LogP contribution in [-0.4, -0.2) is 5.97 Å². The molecule has 0 saturated carbocycles. The van der Waals surface area contributed by atoms with Crippen LogP contribution in [0.15, 0.2) is 48.5 Å². The summed E-state index contributed by atoms with van der Waals surface area (Å²) in [6.45, 7) is 4.22. The van der Waals surface area contributed by atoms with Gasteiger partial charge in [-0.05, 0) is 35.7 Å². The third-order valence-electron chi connectivity index (χ3n) is 2.85. The van der Waals surface area contributed by atoms with E-state index < -0.39 is 5.97 Å². The molecule has 2 nitrogen and oxygen atoms in total. The van der Waals surface area contributed by atoms with Gasteiger partial charge in [0.05, 0.1) is 10.6 Å². The second-order valence-corrected chi connectivity index (χ2v) is 5.00. The van der Waals surface area contributed by atoms with Gasteiger partial charge in [0, 0.05) is 0 Å². The van der Waals surface area contributed by atoms with Gasteiger partial charge in [0.15, 0.2) is 0 Å². The van der Waals surface area contributed by atoms with E-state index in [2.05, 4.69) is 13.8 Å². The summed E-state index contributed by atoms with van der Waals surface area (Å²) in [5, 5.41) is 0.426. The maximum absolute atomic E-state index is 12.0. The third-order valence-corrected chi connectivity index (χ3v) is 3.16. The third kappa shape index (κ3) is 3.36.